The summed E-state index contributed by atoms with van der Waals surface area (Å²) in [5.41, 5.74) is 2.80. The van der Waals surface area contributed by atoms with E-state index in [1.807, 2.05) is 36.4 Å². The van der Waals surface area contributed by atoms with Crippen molar-refractivity contribution in [3.63, 3.8) is 0 Å². The second-order valence-corrected chi connectivity index (χ2v) is 6.07. The zero-order valence-electron chi connectivity index (χ0n) is 17.2. The number of rotatable bonds is 8. The molecule has 2 aromatic carbocycles. The van der Waals surface area contributed by atoms with Crippen LogP contribution in [0.4, 0.5) is 0 Å². The molecule has 0 radical (unpaired) electrons. The van der Waals surface area contributed by atoms with Crippen LogP contribution in [-0.4, -0.2) is 46.7 Å². The van der Waals surface area contributed by atoms with Crippen molar-refractivity contribution in [1.82, 2.24) is 16.0 Å². The highest BCUT2D eigenvalue weighted by molar-refractivity contribution is 14.0. The molecule has 0 aliphatic heterocycles. The third kappa shape index (κ3) is 7.45. The molecule has 0 unspecified atom stereocenters. The lowest BCUT2D eigenvalue weighted by Gasteiger charge is -2.14. The summed E-state index contributed by atoms with van der Waals surface area (Å²) in [6, 6.07) is 13.4. The summed E-state index contributed by atoms with van der Waals surface area (Å²) in [5.74, 6) is 2.02. The van der Waals surface area contributed by atoms with Crippen LogP contribution < -0.4 is 25.4 Å². The predicted octanol–water partition coefficient (Wildman–Crippen LogP) is 2.59. The first kappa shape index (κ1) is 24.5. The Hall–Kier alpha value is -2.49. The maximum Gasteiger partial charge on any atom is 0.251 e. The van der Waals surface area contributed by atoms with Gasteiger partial charge in [-0.3, -0.25) is 9.79 Å². The van der Waals surface area contributed by atoms with E-state index in [4.69, 9.17) is 9.47 Å². The van der Waals surface area contributed by atoms with Gasteiger partial charge in [-0.15, -0.1) is 24.0 Å². The molecule has 0 aromatic heterocycles. The Morgan fingerprint density at radius 3 is 2.41 bits per heavy atom. The Morgan fingerprint density at radius 2 is 1.76 bits per heavy atom. The molecule has 7 nitrogen and oxygen atoms in total. The third-order valence-corrected chi connectivity index (χ3v) is 4.25. The lowest BCUT2D eigenvalue weighted by Crippen LogP contribution is -2.37. The molecule has 0 spiro atoms. The first-order valence-corrected chi connectivity index (χ1v) is 9.07. The molecular weight excluding hydrogens is 483 g/mol. The highest BCUT2D eigenvalue weighted by Crippen LogP contribution is 2.27. The number of nitrogens with zero attached hydrogens (tertiary/aromatic N) is 1. The second kappa shape index (κ2) is 12.9. The Labute approximate surface area is 189 Å². The smallest absolute Gasteiger partial charge is 0.251 e. The van der Waals surface area contributed by atoms with Crippen LogP contribution in [0.15, 0.2) is 47.5 Å². The maximum atomic E-state index is 11.7. The fourth-order valence-corrected chi connectivity index (χ4v) is 2.73. The zero-order chi connectivity index (χ0) is 20.4. The van der Waals surface area contributed by atoms with E-state index in [0.717, 1.165) is 17.5 Å². The molecule has 8 heteroatoms. The summed E-state index contributed by atoms with van der Waals surface area (Å²) >= 11 is 0. The Balaban J connectivity index is 0.00000420. The van der Waals surface area contributed by atoms with Crippen molar-refractivity contribution >= 4 is 35.8 Å². The number of carbonyl (C=O) groups excluding carboxylic acids is 1. The van der Waals surface area contributed by atoms with Gasteiger partial charge in [0, 0.05) is 32.7 Å². The zero-order valence-corrected chi connectivity index (χ0v) is 19.6. The number of amides is 1. The van der Waals surface area contributed by atoms with Crippen molar-refractivity contribution in [2.45, 2.75) is 13.0 Å². The minimum absolute atomic E-state index is 0. The molecule has 1 amide bonds. The van der Waals surface area contributed by atoms with Gasteiger partial charge in [0.1, 0.15) is 0 Å². The van der Waals surface area contributed by atoms with Crippen LogP contribution in [0.1, 0.15) is 21.5 Å². The van der Waals surface area contributed by atoms with Crippen LogP contribution in [0.3, 0.4) is 0 Å². The molecule has 0 heterocycles. The standard InChI is InChI=1S/C21H28N4O3.HI/c1-22-20(26)17-7-5-6-15(12-17)10-11-24-21(23-2)25-14-16-8-9-18(27-3)19(13-16)28-4;/h5-9,12-13H,10-11,14H2,1-4H3,(H,22,26)(H2,23,24,25);1H. The van der Waals surface area contributed by atoms with Gasteiger partial charge in [-0.25, -0.2) is 0 Å². The van der Waals surface area contributed by atoms with Gasteiger partial charge in [0.05, 0.1) is 14.2 Å². The van der Waals surface area contributed by atoms with Crippen LogP contribution in [0.5, 0.6) is 11.5 Å². The molecule has 0 atom stereocenters. The summed E-state index contributed by atoms with van der Waals surface area (Å²) in [4.78, 5) is 16.0. The topological polar surface area (TPSA) is 84.0 Å². The lowest BCUT2D eigenvalue weighted by atomic mass is 10.1. The maximum absolute atomic E-state index is 11.7. The number of methoxy groups -OCH3 is 2. The van der Waals surface area contributed by atoms with E-state index in [9.17, 15) is 4.79 Å². The normalized spacial score (nSPS) is 10.6. The minimum Gasteiger partial charge on any atom is -0.493 e. The Morgan fingerprint density at radius 1 is 1.00 bits per heavy atom. The number of ether oxygens (including phenoxy) is 2. The molecule has 29 heavy (non-hydrogen) atoms. The van der Waals surface area contributed by atoms with Gasteiger partial charge < -0.3 is 25.4 Å². The van der Waals surface area contributed by atoms with Crippen molar-refractivity contribution in [3.8, 4) is 11.5 Å². The second-order valence-electron chi connectivity index (χ2n) is 6.07. The van der Waals surface area contributed by atoms with Crippen molar-refractivity contribution in [2.24, 2.45) is 4.99 Å². The van der Waals surface area contributed by atoms with Gasteiger partial charge in [-0.05, 0) is 41.8 Å². The summed E-state index contributed by atoms with van der Waals surface area (Å²) in [6.45, 7) is 1.30. The molecule has 0 aliphatic carbocycles. The van der Waals surface area contributed by atoms with E-state index in [1.54, 1.807) is 34.4 Å². The molecule has 0 bridgehead atoms. The lowest BCUT2D eigenvalue weighted by molar-refractivity contribution is 0.0963. The number of hydrogen-bond donors (Lipinski definition) is 3. The predicted molar refractivity (Wildman–Crippen MR) is 127 cm³/mol. The molecular formula is C21H29IN4O3. The first-order valence-electron chi connectivity index (χ1n) is 9.07. The summed E-state index contributed by atoms with van der Waals surface area (Å²) < 4.78 is 10.6. The van der Waals surface area contributed by atoms with Gasteiger partial charge in [-0.2, -0.15) is 0 Å². The SMILES string of the molecule is CN=C(NCCc1cccc(C(=O)NC)c1)NCc1ccc(OC)c(OC)c1.I. The average molecular weight is 512 g/mol. The number of halogens is 1. The number of nitrogens with one attached hydrogen (secondary N) is 3. The van der Waals surface area contributed by atoms with Crippen LogP contribution in [0, 0.1) is 0 Å². The van der Waals surface area contributed by atoms with Crippen LogP contribution >= 0.6 is 24.0 Å². The van der Waals surface area contributed by atoms with Gasteiger partial charge >= 0.3 is 0 Å². The van der Waals surface area contributed by atoms with Crippen molar-refractivity contribution < 1.29 is 14.3 Å². The fourth-order valence-electron chi connectivity index (χ4n) is 2.73. The largest absolute Gasteiger partial charge is 0.493 e. The van der Waals surface area contributed by atoms with Gasteiger partial charge in [0.2, 0.25) is 0 Å². The molecule has 0 aliphatic rings. The third-order valence-electron chi connectivity index (χ3n) is 4.25. The minimum atomic E-state index is -0.0813. The number of hydrogen-bond acceptors (Lipinski definition) is 4. The van der Waals surface area contributed by atoms with E-state index in [0.29, 0.717) is 36.1 Å². The van der Waals surface area contributed by atoms with E-state index in [1.165, 1.54) is 0 Å². The first-order chi connectivity index (χ1) is 13.6. The van der Waals surface area contributed by atoms with Crippen molar-refractivity contribution in [2.75, 3.05) is 34.9 Å². The van der Waals surface area contributed by atoms with Gasteiger partial charge in [0.25, 0.3) is 5.91 Å². The van der Waals surface area contributed by atoms with E-state index in [2.05, 4.69) is 20.9 Å². The highest BCUT2D eigenvalue weighted by Gasteiger charge is 2.06. The number of guanidine groups is 1. The summed E-state index contributed by atoms with van der Waals surface area (Å²) in [7, 11) is 6.60. The Bertz CT molecular complexity index is 827. The quantitative estimate of drug-likeness (QED) is 0.288. The van der Waals surface area contributed by atoms with E-state index >= 15 is 0 Å². The van der Waals surface area contributed by atoms with Crippen molar-refractivity contribution in [3.05, 3.63) is 59.2 Å². The summed E-state index contributed by atoms with van der Waals surface area (Å²) in [5, 5.41) is 9.20. The average Bonchev–Trinajstić information content (AvgIpc) is 2.75. The van der Waals surface area contributed by atoms with Crippen molar-refractivity contribution in [1.29, 1.82) is 0 Å². The number of aliphatic imine (C=N–C) groups is 1. The number of carbonyl (C=O) groups is 1. The highest BCUT2D eigenvalue weighted by atomic mass is 127. The number of benzene rings is 2. The molecule has 2 aromatic rings. The van der Waals surface area contributed by atoms with E-state index < -0.39 is 0 Å². The molecule has 2 rings (SSSR count). The monoisotopic (exact) mass is 512 g/mol. The van der Waals surface area contributed by atoms with Crippen LogP contribution in [-0.2, 0) is 13.0 Å². The van der Waals surface area contributed by atoms with Gasteiger partial charge in [-0.1, -0.05) is 18.2 Å². The summed E-state index contributed by atoms with van der Waals surface area (Å²) in [6.07, 6.45) is 0.780. The fraction of sp³-hybridized carbons (Fsp3) is 0.333. The molecule has 0 fully saturated rings. The van der Waals surface area contributed by atoms with Gasteiger partial charge in [0.15, 0.2) is 17.5 Å². The molecule has 0 saturated carbocycles. The molecule has 0 saturated heterocycles. The Kier molecular flexibility index (Phi) is 10.9. The van der Waals surface area contributed by atoms with Crippen LogP contribution in [0.25, 0.3) is 0 Å². The molecule has 3 N–H and O–H groups in total. The van der Waals surface area contributed by atoms with Crippen LogP contribution in [0.2, 0.25) is 0 Å². The van der Waals surface area contributed by atoms with E-state index in [-0.39, 0.29) is 29.9 Å². The molecule has 158 valence electrons.